The molecule has 1 aliphatic rings. The van der Waals surface area contributed by atoms with Crippen molar-refractivity contribution in [2.75, 3.05) is 7.05 Å². The van der Waals surface area contributed by atoms with Gasteiger partial charge in [-0.05, 0) is 35.4 Å². The Morgan fingerprint density at radius 3 is 2.15 bits per heavy atom. The van der Waals surface area contributed by atoms with Crippen LogP contribution in [0.3, 0.4) is 0 Å². The molecule has 1 fully saturated rings. The molecule has 0 bridgehead atoms. The maximum absolute atomic E-state index is 12.8. The van der Waals surface area contributed by atoms with Crippen molar-refractivity contribution in [1.29, 1.82) is 0 Å². The van der Waals surface area contributed by atoms with E-state index in [0.717, 1.165) is 0 Å². The Hall–Kier alpha value is -2.57. The van der Waals surface area contributed by atoms with Crippen LogP contribution in [0.15, 0.2) is 42.5 Å². The van der Waals surface area contributed by atoms with E-state index in [9.17, 15) is 14.4 Å². The molecule has 3 amide bonds. The number of esters is 1. The molecule has 134 valence electrons. The van der Waals surface area contributed by atoms with Crippen LogP contribution >= 0.6 is 23.2 Å². The lowest BCUT2D eigenvalue weighted by Crippen LogP contribution is -2.45. The molecule has 6 nitrogen and oxygen atoms in total. The van der Waals surface area contributed by atoms with Crippen LogP contribution in [0.2, 0.25) is 10.0 Å². The highest BCUT2D eigenvalue weighted by Gasteiger charge is 2.54. The molecule has 1 aliphatic heterocycles. The summed E-state index contributed by atoms with van der Waals surface area (Å²) in [7, 11) is 1.52. The number of carbonyl (C=O) groups excluding carboxylic acids is 3. The molecule has 1 saturated heterocycles. The Kier molecular flexibility index (Phi) is 4.64. The van der Waals surface area contributed by atoms with Gasteiger partial charge >= 0.3 is 12.0 Å². The summed E-state index contributed by atoms with van der Waals surface area (Å²) in [4.78, 5) is 37.4. The molecule has 1 N–H and O–H groups in total. The number of rotatable bonds is 3. The van der Waals surface area contributed by atoms with E-state index in [2.05, 4.69) is 5.32 Å². The Labute approximate surface area is 159 Å². The first-order valence-electron chi connectivity index (χ1n) is 7.60. The fraction of sp³-hybridized carbons (Fsp3) is 0.167. The quantitative estimate of drug-likeness (QED) is 0.493. The molecule has 0 radical (unpaired) electrons. The fourth-order valence-electron chi connectivity index (χ4n) is 3.04. The maximum Gasteiger partial charge on any atom is 0.325 e. The second-order valence-corrected chi connectivity index (χ2v) is 6.59. The zero-order valence-electron chi connectivity index (χ0n) is 13.9. The van der Waals surface area contributed by atoms with E-state index in [1.54, 1.807) is 42.5 Å². The van der Waals surface area contributed by atoms with Crippen LogP contribution in [0.1, 0.15) is 18.1 Å². The molecule has 26 heavy (non-hydrogen) atoms. The van der Waals surface area contributed by atoms with Crippen molar-refractivity contribution in [2.24, 2.45) is 0 Å². The summed E-state index contributed by atoms with van der Waals surface area (Å²) >= 11 is 12.1. The molecular formula is C18H14Cl2N2O4. The number of hydrogen-bond donors (Lipinski definition) is 1. The molecule has 0 spiro atoms. The highest BCUT2D eigenvalue weighted by atomic mass is 35.5. The van der Waals surface area contributed by atoms with Crippen LogP contribution in [-0.2, 0) is 15.1 Å². The summed E-state index contributed by atoms with van der Waals surface area (Å²) in [6, 6.07) is 10.6. The molecule has 0 aromatic heterocycles. The maximum atomic E-state index is 12.8. The smallest absolute Gasteiger partial charge is 0.325 e. The number of hydrogen-bond acceptors (Lipinski definition) is 4. The molecule has 0 saturated carbocycles. The summed E-state index contributed by atoms with van der Waals surface area (Å²) in [6.45, 7) is 1.29. The van der Waals surface area contributed by atoms with Gasteiger partial charge in [0.15, 0.2) is 5.54 Å². The lowest BCUT2D eigenvalue weighted by molar-refractivity contribution is -0.132. The van der Waals surface area contributed by atoms with Crippen LogP contribution in [0, 0.1) is 0 Å². The molecular weight excluding hydrogens is 379 g/mol. The van der Waals surface area contributed by atoms with E-state index in [-0.39, 0.29) is 5.02 Å². The van der Waals surface area contributed by atoms with Crippen molar-refractivity contribution in [2.45, 2.75) is 12.5 Å². The number of carbonyl (C=O) groups is 3. The van der Waals surface area contributed by atoms with E-state index in [1.807, 2.05) is 0 Å². The highest BCUT2D eigenvalue weighted by Crippen LogP contribution is 2.41. The number of benzene rings is 2. The third kappa shape index (κ3) is 2.81. The average molecular weight is 393 g/mol. The summed E-state index contributed by atoms with van der Waals surface area (Å²) in [5, 5.41) is 2.92. The summed E-state index contributed by atoms with van der Waals surface area (Å²) in [5.74, 6) is -0.635. The number of halogens is 2. The van der Waals surface area contributed by atoms with E-state index >= 15 is 0 Å². The largest absolute Gasteiger partial charge is 0.427 e. The van der Waals surface area contributed by atoms with Crippen LogP contribution < -0.4 is 10.1 Å². The standard InChI is InChI=1S/C18H14Cl2N2O4/c1-10(23)26-13-6-3-11(4-7-13)18(16(24)21-17(25)22(18)2)12-5-8-14(19)15(20)9-12/h3-9H,1-2H3,(H,21,24,25). The third-order valence-electron chi connectivity index (χ3n) is 4.23. The summed E-state index contributed by atoms with van der Waals surface area (Å²) in [5.41, 5.74) is -0.421. The normalized spacial score (nSPS) is 19.5. The van der Waals surface area contributed by atoms with Crippen molar-refractivity contribution in [3.63, 3.8) is 0 Å². The van der Waals surface area contributed by atoms with Crippen LogP contribution in [0.4, 0.5) is 4.79 Å². The van der Waals surface area contributed by atoms with Crippen molar-refractivity contribution in [3.05, 3.63) is 63.6 Å². The number of nitrogens with one attached hydrogen (secondary N) is 1. The first kappa shape index (κ1) is 18.2. The van der Waals surface area contributed by atoms with Crippen molar-refractivity contribution in [3.8, 4) is 5.75 Å². The number of nitrogens with zero attached hydrogens (tertiary/aromatic N) is 1. The van der Waals surface area contributed by atoms with Gasteiger partial charge in [0.25, 0.3) is 5.91 Å². The fourth-order valence-corrected chi connectivity index (χ4v) is 3.34. The second kappa shape index (κ2) is 6.63. The number of ether oxygens (including phenoxy) is 1. The average Bonchev–Trinajstić information content (AvgIpc) is 2.81. The van der Waals surface area contributed by atoms with Crippen LogP contribution in [0.25, 0.3) is 0 Å². The van der Waals surface area contributed by atoms with Gasteiger partial charge in [-0.25, -0.2) is 4.79 Å². The van der Waals surface area contributed by atoms with Gasteiger partial charge in [0.1, 0.15) is 5.75 Å². The van der Waals surface area contributed by atoms with Gasteiger partial charge in [0.2, 0.25) is 0 Å². The number of likely N-dealkylation sites (N-methyl/N-ethyl adjacent to an activating group) is 1. The monoisotopic (exact) mass is 392 g/mol. The zero-order chi connectivity index (χ0) is 19.1. The van der Waals surface area contributed by atoms with Gasteiger partial charge in [-0.15, -0.1) is 0 Å². The zero-order valence-corrected chi connectivity index (χ0v) is 15.4. The number of amides is 3. The van der Waals surface area contributed by atoms with Crippen LogP contribution in [-0.4, -0.2) is 29.9 Å². The SMILES string of the molecule is CC(=O)Oc1ccc(C2(c3ccc(Cl)c(Cl)c3)C(=O)NC(=O)N2C)cc1. The van der Waals surface area contributed by atoms with E-state index in [1.165, 1.54) is 18.9 Å². The Bertz CT molecular complexity index is 914. The third-order valence-corrected chi connectivity index (χ3v) is 4.97. The summed E-state index contributed by atoms with van der Waals surface area (Å²) < 4.78 is 5.02. The first-order valence-corrected chi connectivity index (χ1v) is 8.36. The molecule has 0 aliphatic carbocycles. The molecule has 8 heteroatoms. The molecule has 1 atom stereocenters. The first-order chi connectivity index (χ1) is 12.3. The molecule has 2 aromatic rings. The minimum atomic E-state index is -1.42. The number of imide groups is 1. The molecule has 2 aromatic carbocycles. The molecule has 3 rings (SSSR count). The Morgan fingerprint density at radius 2 is 1.65 bits per heavy atom. The van der Waals surface area contributed by atoms with Gasteiger partial charge < -0.3 is 9.64 Å². The molecule has 1 unspecified atom stereocenters. The molecule has 1 heterocycles. The predicted molar refractivity (Wildman–Crippen MR) is 96.3 cm³/mol. The van der Waals surface area contributed by atoms with Gasteiger partial charge in [-0.3, -0.25) is 14.9 Å². The van der Waals surface area contributed by atoms with E-state index in [4.69, 9.17) is 27.9 Å². The Morgan fingerprint density at radius 1 is 1.04 bits per heavy atom. The topological polar surface area (TPSA) is 75.7 Å². The summed E-state index contributed by atoms with van der Waals surface area (Å²) in [6.07, 6.45) is 0. The van der Waals surface area contributed by atoms with Gasteiger partial charge in [-0.1, -0.05) is 41.4 Å². The van der Waals surface area contributed by atoms with Gasteiger partial charge in [-0.2, -0.15) is 0 Å². The van der Waals surface area contributed by atoms with Crippen molar-refractivity contribution < 1.29 is 19.1 Å². The predicted octanol–water partition coefficient (Wildman–Crippen LogP) is 3.34. The van der Waals surface area contributed by atoms with Crippen LogP contribution in [0.5, 0.6) is 5.75 Å². The minimum absolute atomic E-state index is 0.264. The van der Waals surface area contributed by atoms with Crippen molar-refractivity contribution >= 4 is 41.1 Å². The van der Waals surface area contributed by atoms with Gasteiger partial charge in [0.05, 0.1) is 10.0 Å². The van der Waals surface area contributed by atoms with E-state index in [0.29, 0.717) is 21.9 Å². The minimum Gasteiger partial charge on any atom is -0.427 e. The van der Waals surface area contributed by atoms with Crippen molar-refractivity contribution in [1.82, 2.24) is 10.2 Å². The Balaban J connectivity index is 2.19. The lowest BCUT2D eigenvalue weighted by atomic mass is 9.81. The van der Waals surface area contributed by atoms with Gasteiger partial charge in [0, 0.05) is 14.0 Å². The second-order valence-electron chi connectivity index (χ2n) is 5.78. The number of urea groups is 1. The van der Waals surface area contributed by atoms with E-state index < -0.39 is 23.4 Å². The lowest BCUT2D eigenvalue weighted by Gasteiger charge is -2.34. The highest BCUT2D eigenvalue weighted by molar-refractivity contribution is 6.42.